The topological polar surface area (TPSA) is 33.2 Å². The van der Waals surface area contributed by atoms with Crippen molar-refractivity contribution in [1.82, 2.24) is 9.88 Å². The van der Waals surface area contributed by atoms with Crippen LogP contribution < -0.4 is 0 Å². The van der Waals surface area contributed by atoms with E-state index >= 15 is 0 Å². The zero-order valence-corrected chi connectivity index (χ0v) is 7.95. The average Bonchev–Trinajstić information content (AvgIpc) is 2.33. The van der Waals surface area contributed by atoms with Crippen molar-refractivity contribution in [3.63, 3.8) is 0 Å². The molecule has 0 fully saturated rings. The molecule has 0 spiro atoms. The Morgan fingerprint density at radius 1 is 1.73 bits per heavy atom. The minimum atomic E-state index is -0.101. The van der Waals surface area contributed by atoms with Crippen LogP contribution in [0.2, 0.25) is 0 Å². The molecule has 0 radical (unpaired) electrons. The lowest BCUT2D eigenvalue weighted by Crippen LogP contribution is -2.22. The number of carbonyl (C=O) groups is 1. The van der Waals surface area contributed by atoms with Gasteiger partial charge in [-0.1, -0.05) is 0 Å². The van der Waals surface area contributed by atoms with Crippen molar-refractivity contribution < 1.29 is 4.79 Å². The van der Waals surface area contributed by atoms with Gasteiger partial charge in [0.25, 0.3) is 5.91 Å². The van der Waals surface area contributed by atoms with Gasteiger partial charge in [0.2, 0.25) is 0 Å². The fourth-order valence-electron chi connectivity index (χ4n) is 0.599. The summed E-state index contributed by atoms with van der Waals surface area (Å²) >= 11 is 5.45. The van der Waals surface area contributed by atoms with Crippen LogP contribution in [0.3, 0.4) is 0 Å². The standard InChI is InChI=1S/C6H8N2OS2/c1-8(2)5(9)4-6(10)11-3-7-4/h3,10H,1-2H3. The van der Waals surface area contributed by atoms with Gasteiger partial charge in [-0.15, -0.1) is 24.0 Å². The van der Waals surface area contributed by atoms with Crippen molar-refractivity contribution in [2.24, 2.45) is 0 Å². The molecule has 1 rings (SSSR count). The third kappa shape index (κ3) is 1.72. The second-order valence-corrected chi connectivity index (χ2v) is 3.81. The third-order valence-electron chi connectivity index (χ3n) is 1.16. The van der Waals surface area contributed by atoms with Gasteiger partial charge in [-0.3, -0.25) is 4.79 Å². The van der Waals surface area contributed by atoms with Crippen LogP contribution >= 0.6 is 24.0 Å². The van der Waals surface area contributed by atoms with E-state index in [1.807, 2.05) is 0 Å². The molecule has 1 amide bonds. The van der Waals surface area contributed by atoms with E-state index in [1.165, 1.54) is 16.2 Å². The maximum absolute atomic E-state index is 11.2. The fourth-order valence-corrected chi connectivity index (χ4v) is 1.40. The molecule has 0 aliphatic rings. The number of aromatic nitrogens is 1. The molecule has 0 aromatic carbocycles. The molecular weight excluding hydrogens is 180 g/mol. The number of hydrogen-bond acceptors (Lipinski definition) is 4. The number of carbonyl (C=O) groups excluding carboxylic acids is 1. The highest BCUT2D eigenvalue weighted by Crippen LogP contribution is 2.18. The molecule has 5 heteroatoms. The highest BCUT2D eigenvalue weighted by atomic mass is 32.2. The van der Waals surface area contributed by atoms with Crippen molar-refractivity contribution in [1.29, 1.82) is 0 Å². The quantitative estimate of drug-likeness (QED) is 0.670. The first-order valence-corrected chi connectivity index (χ1v) is 4.29. The van der Waals surface area contributed by atoms with Gasteiger partial charge in [0.1, 0.15) is 0 Å². The van der Waals surface area contributed by atoms with Gasteiger partial charge in [-0.2, -0.15) is 0 Å². The van der Waals surface area contributed by atoms with E-state index in [0.717, 1.165) is 0 Å². The molecule has 0 saturated heterocycles. The Labute approximate surface area is 74.5 Å². The lowest BCUT2D eigenvalue weighted by atomic mass is 10.4. The molecule has 0 saturated carbocycles. The van der Waals surface area contributed by atoms with Crippen LogP contribution in [0, 0.1) is 0 Å². The summed E-state index contributed by atoms with van der Waals surface area (Å²) in [6.45, 7) is 0. The lowest BCUT2D eigenvalue weighted by Gasteiger charge is -2.07. The number of thiazole rings is 1. The SMILES string of the molecule is CN(C)C(=O)c1ncsc1S. The fraction of sp³-hybridized carbons (Fsp3) is 0.333. The van der Waals surface area contributed by atoms with E-state index in [-0.39, 0.29) is 5.91 Å². The minimum Gasteiger partial charge on any atom is -0.343 e. The molecule has 60 valence electrons. The second kappa shape index (κ2) is 3.23. The highest BCUT2D eigenvalue weighted by molar-refractivity contribution is 7.82. The van der Waals surface area contributed by atoms with Crippen molar-refractivity contribution in [2.45, 2.75) is 4.21 Å². The van der Waals surface area contributed by atoms with Crippen LogP contribution in [0.5, 0.6) is 0 Å². The molecule has 1 aromatic heterocycles. The van der Waals surface area contributed by atoms with Gasteiger partial charge in [0, 0.05) is 14.1 Å². The van der Waals surface area contributed by atoms with Gasteiger partial charge in [0.15, 0.2) is 5.69 Å². The van der Waals surface area contributed by atoms with Crippen LogP contribution in [-0.4, -0.2) is 29.9 Å². The number of rotatable bonds is 1. The van der Waals surface area contributed by atoms with Crippen LogP contribution in [0.1, 0.15) is 10.5 Å². The Kier molecular flexibility index (Phi) is 2.51. The zero-order chi connectivity index (χ0) is 8.43. The van der Waals surface area contributed by atoms with Crippen LogP contribution in [0.25, 0.3) is 0 Å². The van der Waals surface area contributed by atoms with Crippen molar-refractivity contribution >= 4 is 29.9 Å². The van der Waals surface area contributed by atoms with E-state index in [9.17, 15) is 4.79 Å². The highest BCUT2D eigenvalue weighted by Gasteiger charge is 2.13. The summed E-state index contributed by atoms with van der Waals surface area (Å²) in [5.41, 5.74) is 2.04. The smallest absolute Gasteiger partial charge is 0.273 e. The maximum atomic E-state index is 11.2. The van der Waals surface area contributed by atoms with Gasteiger partial charge < -0.3 is 4.90 Å². The molecular formula is C6H8N2OS2. The Bertz CT molecular complexity index is 269. The molecule has 11 heavy (non-hydrogen) atoms. The Balaban J connectivity index is 2.93. The number of nitrogens with zero attached hydrogens (tertiary/aromatic N) is 2. The van der Waals surface area contributed by atoms with Crippen molar-refractivity contribution in [3.8, 4) is 0 Å². The predicted octanol–water partition coefficient (Wildman–Crippen LogP) is 1.13. The van der Waals surface area contributed by atoms with Gasteiger partial charge in [-0.25, -0.2) is 4.98 Å². The van der Waals surface area contributed by atoms with E-state index < -0.39 is 0 Å². The zero-order valence-electron chi connectivity index (χ0n) is 6.24. The maximum Gasteiger partial charge on any atom is 0.273 e. The predicted molar refractivity (Wildman–Crippen MR) is 47.4 cm³/mol. The summed E-state index contributed by atoms with van der Waals surface area (Å²) in [6.07, 6.45) is 0. The first kappa shape index (κ1) is 8.55. The molecule has 1 heterocycles. The van der Waals surface area contributed by atoms with E-state index in [0.29, 0.717) is 9.90 Å². The van der Waals surface area contributed by atoms with Gasteiger partial charge >= 0.3 is 0 Å². The van der Waals surface area contributed by atoms with E-state index in [2.05, 4.69) is 17.6 Å². The monoisotopic (exact) mass is 188 g/mol. The van der Waals surface area contributed by atoms with E-state index in [1.54, 1.807) is 19.6 Å². The lowest BCUT2D eigenvalue weighted by molar-refractivity contribution is 0.0819. The summed E-state index contributed by atoms with van der Waals surface area (Å²) in [4.78, 5) is 16.6. The molecule has 0 atom stereocenters. The van der Waals surface area contributed by atoms with Crippen molar-refractivity contribution in [2.75, 3.05) is 14.1 Å². The van der Waals surface area contributed by atoms with Crippen LogP contribution in [0.15, 0.2) is 9.72 Å². The second-order valence-electron chi connectivity index (χ2n) is 2.21. The van der Waals surface area contributed by atoms with Crippen LogP contribution in [0.4, 0.5) is 0 Å². The largest absolute Gasteiger partial charge is 0.343 e. The molecule has 0 N–H and O–H groups in total. The summed E-state index contributed by atoms with van der Waals surface area (Å²) in [7, 11) is 3.38. The summed E-state index contributed by atoms with van der Waals surface area (Å²) in [5.74, 6) is -0.101. The first-order chi connectivity index (χ1) is 5.13. The molecule has 1 aromatic rings. The first-order valence-electron chi connectivity index (χ1n) is 2.97. The summed E-state index contributed by atoms with van der Waals surface area (Å²) in [5, 5.41) is 0. The molecule has 0 aliphatic carbocycles. The molecule has 0 unspecified atom stereocenters. The molecule has 3 nitrogen and oxygen atoms in total. The Morgan fingerprint density at radius 2 is 2.36 bits per heavy atom. The number of amides is 1. The van der Waals surface area contributed by atoms with Gasteiger partial charge in [-0.05, 0) is 0 Å². The third-order valence-corrected chi connectivity index (χ3v) is 2.31. The van der Waals surface area contributed by atoms with Crippen molar-refractivity contribution in [3.05, 3.63) is 11.2 Å². The minimum absolute atomic E-state index is 0.101. The summed E-state index contributed by atoms with van der Waals surface area (Å²) in [6, 6.07) is 0. The number of hydrogen-bond donors (Lipinski definition) is 1. The average molecular weight is 188 g/mol. The summed E-state index contributed by atoms with van der Waals surface area (Å²) < 4.78 is 0.670. The Hall–Kier alpha value is -0.550. The van der Waals surface area contributed by atoms with E-state index in [4.69, 9.17) is 0 Å². The normalized spacial score (nSPS) is 9.73. The molecule has 0 bridgehead atoms. The van der Waals surface area contributed by atoms with Gasteiger partial charge in [0.05, 0.1) is 9.72 Å². The Morgan fingerprint density at radius 3 is 2.73 bits per heavy atom. The number of thiol groups is 1. The molecule has 0 aliphatic heterocycles. The van der Waals surface area contributed by atoms with Crippen LogP contribution in [-0.2, 0) is 0 Å².